The van der Waals surface area contributed by atoms with E-state index in [9.17, 15) is 4.79 Å². The van der Waals surface area contributed by atoms with Gasteiger partial charge < -0.3 is 4.79 Å². The Hall–Kier alpha value is -1.59. The van der Waals surface area contributed by atoms with Crippen molar-refractivity contribution in [1.29, 1.82) is 0 Å². The van der Waals surface area contributed by atoms with Gasteiger partial charge in [0.1, 0.15) is 6.29 Å². The van der Waals surface area contributed by atoms with E-state index in [1.165, 1.54) is 0 Å². The molecule has 0 aliphatic heterocycles. The zero-order chi connectivity index (χ0) is 10.4. The summed E-state index contributed by atoms with van der Waals surface area (Å²) >= 11 is 0. The molecular formula is C13H14O. The lowest BCUT2D eigenvalue weighted by Gasteiger charge is -2.14. The second-order valence-corrected chi connectivity index (χ2v) is 3.28. The van der Waals surface area contributed by atoms with Crippen LogP contribution < -0.4 is 0 Å². The second kappa shape index (κ2) is 5.21. The highest BCUT2D eigenvalue weighted by Gasteiger charge is 2.14. The van der Waals surface area contributed by atoms with Gasteiger partial charge in [0.15, 0.2) is 0 Å². The normalized spacial score (nSPS) is 13.8. The third-order valence-corrected chi connectivity index (χ3v) is 2.37. The summed E-state index contributed by atoms with van der Waals surface area (Å²) in [6, 6.07) is 9.97. The van der Waals surface area contributed by atoms with Gasteiger partial charge in [-0.2, -0.15) is 0 Å². The summed E-state index contributed by atoms with van der Waals surface area (Å²) in [5, 5.41) is 0. The molecular weight excluding hydrogens is 172 g/mol. The van der Waals surface area contributed by atoms with Gasteiger partial charge >= 0.3 is 0 Å². The summed E-state index contributed by atoms with van der Waals surface area (Å²) in [6.07, 6.45) is 2.65. The molecule has 0 spiro atoms. The second-order valence-electron chi connectivity index (χ2n) is 3.28. The van der Waals surface area contributed by atoms with Gasteiger partial charge in [-0.1, -0.05) is 43.8 Å². The lowest BCUT2D eigenvalue weighted by atomic mass is 9.89. The Morgan fingerprint density at radius 2 is 2.00 bits per heavy atom. The van der Waals surface area contributed by atoms with Gasteiger partial charge in [0.2, 0.25) is 0 Å². The first-order chi connectivity index (χ1) is 6.79. The van der Waals surface area contributed by atoms with Crippen LogP contribution in [0.2, 0.25) is 0 Å². The number of aldehydes is 1. The minimum atomic E-state index is -0.130. The fraction of sp³-hybridized carbons (Fsp3) is 0.231. The van der Waals surface area contributed by atoms with Gasteiger partial charge in [-0.3, -0.25) is 0 Å². The third kappa shape index (κ3) is 2.45. The minimum Gasteiger partial charge on any atom is -0.303 e. The number of allylic oxidation sites excluding steroid dienone is 1. The number of benzene rings is 1. The lowest BCUT2D eigenvalue weighted by Crippen LogP contribution is -2.08. The van der Waals surface area contributed by atoms with Crippen LogP contribution in [0.25, 0.3) is 0 Å². The summed E-state index contributed by atoms with van der Waals surface area (Å²) in [7, 11) is 0. The van der Waals surface area contributed by atoms with Gasteiger partial charge in [-0.05, 0) is 17.6 Å². The molecule has 0 radical (unpaired) electrons. The number of hydrogen-bond donors (Lipinski definition) is 0. The minimum absolute atomic E-state index is 0.130. The molecule has 0 aromatic heterocycles. The Kier molecular flexibility index (Phi) is 3.90. The zero-order valence-corrected chi connectivity index (χ0v) is 8.31. The van der Waals surface area contributed by atoms with E-state index < -0.39 is 0 Å². The number of hydrogen-bond acceptors (Lipinski definition) is 1. The topological polar surface area (TPSA) is 17.1 Å². The van der Waals surface area contributed by atoms with E-state index in [2.05, 4.69) is 12.3 Å². The lowest BCUT2D eigenvalue weighted by molar-refractivity contribution is -0.110. The first-order valence-electron chi connectivity index (χ1n) is 4.65. The van der Waals surface area contributed by atoms with Crippen LogP contribution in [-0.2, 0) is 4.79 Å². The molecule has 0 bridgehead atoms. The van der Waals surface area contributed by atoms with Crippen LogP contribution >= 0.6 is 0 Å². The van der Waals surface area contributed by atoms with Crippen LogP contribution in [0.1, 0.15) is 18.4 Å². The highest BCUT2D eigenvalue weighted by molar-refractivity contribution is 5.58. The molecule has 1 aromatic carbocycles. The average molecular weight is 186 g/mol. The third-order valence-electron chi connectivity index (χ3n) is 2.37. The standard InChI is InChI=1S/C13H14O/c1-3-7-13(10-14)11(2)12-8-5-4-6-9-12/h4-11,13H,1H2,2H3. The van der Waals surface area contributed by atoms with Crippen LogP contribution in [0, 0.1) is 5.92 Å². The van der Waals surface area contributed by atoms with Gasteiger partial charge in [0.05, 0.1) is 0 Å². The van der Waals surface area contributed by atoms with Crippen LogP contribution in [0.3, 0.4) is 0 Å². The van der Waals surface area contributed by atoms with Gasteiger partial charge in [-0.15, -0.1) is 5.73 Å². The van der Waals surface area contributed by atoms with E-state index in [4.69, 9.17) is 0 Å². The van der Waals surface area contributed by atoms with Crippen molar-refractivity contribution in [3.8, 4) is 0 Å². The highest BCUT2D eigenvalue weighted by Crippen LogP contribution is 2.23. The molecule has 72 valence electrons. The molecule has 2 unspecified atom stereocenters. The van der Waals surface area contributed by atoms with E-state index in [1.807, 2.05) is 37.3 Å². The van der Waals surface area contributed by atoms with Crippen molar-refractivity contribution in [3.63, 3.8) is 0 Å². The summed E-state index contributed by atoms with van der Waals surface area (Å²) in [6.45, 7) is 5.52. The average Bonchev–Trinajstić information content (AvgIpc) is 2.26. The molecule has 1 heteroatoms. The molecule has 1 rings (SSSR count). The molecule has 14 heavy (non-hydrogen) atoms. The van der Waals surface area contributed by atoms with Crippen molar-refractivity contribution in [2.75, 3.05) is 0 Å². The largest absolute Gasteiger partial charge is 0.303 e. The van der Waals surface area contributed by atoms with Crippen molar-refractivity contribution in [2.45, 2.75) is 12.8 Å². The predicted octanol–water partition coefficient (Wildman–Crippen LogP) is 2.95. The smallest absolute Gasteiger partial charge is 0.128 e. The Morgan fingerprint density at radius 1 is 1.36 bits per heavy atom. The molecule has 0 aliphatic carbocycles. The van der Waals surface area contributed by atoms with Crippen molar-refractivity contribution < 1.29 is 4.79 Å². The van der Waals surface area contributed by atoms with E-state index in [1.54, 1.807) is 6.08 Å². The first-order valence-corrected chi connectivity index (χ1v) is 4.65. The van der Waals surface area contributed by atoms with Crippen molar-refractivity contribution in [2.24, 2.45) is 5.92 Å². The molecule has 1 aromatic rings. The zero-order valence-electron chi connectivity index (χ0n) is 8.31. The Labute approximate surface area is 84.8 Å². The molecule has 0 aliphatic rings. The molecule has 0 heterocycles. The monoisotopic (exact) mass is 186 g/mol. The SMILES string of the molecule is C=C=CC(C=O)C(C)c1ccccc1. The molecule has 0 saturated carbocycles. The maximum absolute atomic E-state index is 10.8. The molecule has 2 atom stereocenters. The fourth-order valence-corrected chi connectivity index (χ4v) is 1.42. The number of carbonyl (C=O) groups excluding carboxylic acids is 1. The van der Waals surface area contributed by atoms with Crippen LogP contribution in [0.15, 0.2) is 48.7 Å². The maximum atomic E-state index is 10.8. The summed E-state index contributed by atoms with van der Waals surface area (Å²) in [5.74, 6) is 0.0536. The Balaban J connectivity index is 2.88. The van der Waals surface area contributed by atoms with Crippen LogP contribution in [-0.4, -0.2) is 6.29 Å². The van der Waals surface area contributed by atoms with Crippen molar-refractivity contribution in [3.05, 3.63) is 54.3 Å². The van der Waals surface area contributed by atoms with Crippen LogP contribution in [0.4, 0.5) is 0 Å². The number of rotatable bonds is 4. The van der Waals surface area contributed by atoms with Gasteiger partial charge in [0.25, 0.3) is 0 Å². The number of carbonyl (C=O) groups is 1. The van der Waals surface area contributed by atoms with Crippen LogP contribution in [0.5, 0.6) is 0 Å². The van der Waals surface area contributed by atoms with Gasteiger partial charge in [0, 0.05) is 5.92 Å². The highest BCUT2D eigenvalue weighted by atomic mass is 16.1. The Morgan fingerprint density at radius 3 is 2.50 bits per heavy atom. The van der Waals surface area contributed by atoms with Crippen molar-refractivity contribution >= 4 is 6.29 Å². The van der Waals surface area contributed by atoms with Crippen molar-refractivity contribution in [1.82, 2.24) is 0 Å². The predicted molar refractivity (Wildman–Crippen MR) is 58.1 cm³/mol. The van der Waals surface area contributed by atoms with E-state index in [-0.39, 0.29) is 11.8 Å². The first kappa shape index (κ1) is 10.5. The maximum Gasteiger partial charge on any atom is 0.128 e. The molecule has 0 saturated heterocycles. The Bertz CT molecular complexity index is 334. The quantitative estimate of drug-likeness (QED) is 0.522. The van der Waals surface area contributed by atoms with E-state index in [0.717, 1.165) is 11.8 Å². The fourth-order valence-electron chi connectivity index (χ4n) is 1.42. The molecule has 1 nitrogen and oxygen atoms in total. The summed E-state index contributed by atoms with van der Waals surface area (Å²) in [4.78, 5) is 10.8. The molecule has 0 amide bonds. The van der Waals surface area contributed by atoms with E-state index >= 15 is 0 Å². The molecule has 0 fully saturated rings. The van der Waals surface area contributed by atoms with Gasteiger partial charge in [-0.25, -0.2) is 0 Å². The summed E-state index contributed by atoms with van der Waals surface area (Å²) in [5.41, 5.74) is 3.83. The summed E-state index contributed by atoms with van der Waals surface area (Å²) < 4.78 is 0. The van der Waals surface area contributed by atoms with E-state index in [0.29, 0.717) is 0 Å². The molecule has 0 N–H and O–H groups in total.